The fraction of sp³-hybridized carbons (Fsp3) is 0.938. The maximum Gasteiger partial charge on any atom is 0.308 e. The molecule has 0 amide bonds. The maximum atomic E-state index is 12.1. The van der Waals surface area contributed by atoms with Crippen molar-refractivity contribution < 1.29 is 14.6 Å². The summed E-state index contributed by atoms with van der Waals surface area (Å²) in [6.07, 6.45) is 6.71. The molecule has 1 N–H and O–H groups in total. The van der Waals surface area contributed by atoms with Crippen LogP contribution in [0.3, 0.4) is 0 Å². The monoisotopic (exact) mass is 268 g/mol. The molecular formula is C16H28O3. The van der Waals surface area contributed by atoms with Gasteiger partial charge in [-0.15, -0.1) is 0 Å². The summed E-state index contributed by atoms with van der Waals surface area (Å²) in [5.41, 5.74) is 0. The van der Waals surface area contributed by atoms with Gasteiger partial charge in [0.25, 0.3) is 0 Å². The molecule has 2 saturated carbocycles. The van der Waals surface area contributed by atoms with Crippen LogP contribution in [0.4, 0.5) is 0 Å². The van der Waals surface area contributed by atoms with Crippen molar-refractivity contribution in [3.8, 4) is 0 Å². The summed E-state index contributed by atoms with van der Waals surface area (Å²) in [5.74, 6) is 1.98. The lowest BCUT2D eigenvalue weighted by molar-refractivity contribution is -0.152. The first-order chi connectivity index (χ1) is 9.06. The standard InChI is InChI=1S/C16H28O3/c1-11-3-6-14(9-12(11)2)16(18)19-10-13-4-7-15(17)8-5-13/h11-15,17H,3-10H2,1-2H3. The average molecular weight is 268 g/mol. The Bertz CT molecular complexity index is 294. The minimum atomic E-state index is -0.132. The molecule has 0 aromatic rings. The van der Waals surface area contributed by atoms with E-state index in [0.29, 0.717) is 18.4 Å². The molecule has 0 spiro atoms. The van der Waals surface area contributed by atoms with E-state index < -0.39 is 0 Å². The second-order valence-corrected chi connectivity index (χ2v) is 6.77. The normalized spacial score (nSPS) is 39.8. The molecular weight excluding hydrogens is 240 g/mol. The SMILES string of the molecule is CC1CCC(C(=O)OCC2CCC(O)CC2)CC1C. The van der Waals surface area contributed by atoms with Gasteiger partial charge in [0.1, 0.15) is 0 Å². The molecule has 110 valence electrons. The lowest BCUT2D eigenvalue weighted by Crippen LogP contribution is -2.29. The highest BCUT2D eigenvalue weighted by atomic mass is 16.5. The summed E-state index contributed by atoms with van der Waals surface area (Å²) in [5, 5.41) is 9.45. The van der Waals surface area contributed by atoms with Crippen molar-refractivity contribution in [2.75, 3.05) is 6.61 Å². The molecule has 2 aliphatic rings. The largest absolute Gasteiger partial charge is 0.465 e. The lowest BCUT2D eigenvalue weighted by atomic mass is 9.76. The van der Waals surface area contributed by atoms with Gasteiger partial charge in [-0.2, -0.15) is 0 Å². The summed E-state index contributed by atoms with van der Waals surface area (Å²) in [4.78, 5) is 12.1. The predicted molar refractivity (Wildman–Crippen MR) is 74.6 cm³/mol. The highest BCUT2D eigenvalue weighted by molar-refractivity contribution is 5.72. The molecule has 3 atom stereocenters. The first-order valence-electron chi connectivity index (χ1n) is 7.91. The van der Waals surface area contributed by atoms with Crippen molar-refractivity contribution in [1.29, 1.82) is 0 Å². The van der Waals surface area contributed by atoms with Crippen molar-refractivity contribution >= 4 is 5.97 Å². The van der Waals surface area contributed by atoms with Gasteiger partial charge in [0.15, 0.2) is 0 Å². The van der Waals surface area contributed by atoms with Gasteiger partial charge in [0.2, 0.25) is 0 Å². The molecule has 0 radical (unpaired) electrons. The summed E-state index contributed by atoms with van der Waals surface area (Å²) >= 11 is 0. The molecule has 0 bridgehead atoms. The zero-order valence-corrected chi connectivity index (χ0v) is 12.3. The highest BCUT2D eigenvalue weighted by Gasteiger charge is 2.30. The Kier molecular flexibility index (Phi) is 5.26. The zero-order valence-electron chi connectivity index (χ0n) is 12.3. The van der Waals surface area contributed by atoms with Gasteiger partial charge >= 0.3 is 5.97 Å². The fourth-order valence-corrected chi connectivity index (χ4v) is 3.39. The molecule has 2 rings (SSSR count). The number of rotatable bonds is 3. The van der Waals surface area contributed by atoms with Gasteiger partial charge in [0, 0.05) is 0 Å². The van der Waals surface area contributed by atoms with Crippen molar-refractivity contribution in [1.82, 2.24) is 0 Å². The summed E-state index contributed by atoms with van der Waals surface area (Å²) in [6.45, 7) is 5.08. The van der Waals surface area contributed by atoms with E-state index in [2.05, 4.69) is 13.8 Å². The van der Waals surface area contributed by atoms with Crippen LogP contribution in [0.1, 0.15) is 58.8 Å². The zero-order chi connectivity index (χ0) is 13.8. The lowest BCUT2D eigenvalue weighted by Gasteiger charge is -2.31. The van der Waals surface area contributed by atoms with Gasteiger partial charge in [-0.05, 0) is 62.7 Å². The van der Waals surface area contributed by atoms with E-state index in [1.165, 1.54) is 0 Å². The Labute approximate surface area is 116 Å². The first kappa shape index (κ1) is 14.8. The number of carbonyl (C=O) groups excluding carboxylic acids is 1. The number of aliphatic hydroxyl groups excluding tert-OH is 1. The Hall–Kier alpha value is -0.570. The summed E-state index contributed by atoms with van der Waals surface area (Å²) in [6, 6.07) is 0. The molecule has 0 aliphatic heterocycles. The molecule has 3 nitrogen and oxygen atoms in total. The third-order valence-electron chi connectivity index (χ3n) is 5.21. The molecule has 0 aromatic heterocycles. The number of esters is 1. The first-order valence-corrected chi connectivity index (χ1v) is 7.91. The van der Waals surface area contributed by atoms with Crippen LogP contribution in [0.5, 0.6) is 0 Å². The minimum absolute atomic E-state index is 0.0184. The van der Waals surface area contributed by atoms with Crippen LogP contribution in [-0.2, 0) is 9.53 Å². The van der Waals surface area contributed by atoms with E-state index in [1.807, 2.05) is 0 Å². The number of hydrogen-bond donors (Lipinski definition) is 1. The summed E-state index contributed by atoms with van der Waals surface area (Å²) < 4.78 is 5.52. The van der Waals surface area contributed by atoms with Gasteiger partial charge in [-0.3, -0.25) is 4.79 Å². The van der Waals surface area contributed by atoms with E-state index in [4.69, 9.17) is 4.74 Å². The minimum Gasteiger partial charge on any atom is -0.465 e. The van der Waals surface area contributed by atoms with Crippen molar-refractivity contribution in [2.45, 2.75) is 64.9 Å². The fourth-order valence-electron chi connectivity index (χ4n) is 3.39. The van der Waals surface area contributed by atoms with Gasteiger partial charge in [-0.25, -0.2) is 0 Å². The van der Waals surface area contributed by atoms with Crippen molar-refractivity contribution in [2.24, 2.45) is 23.7 Å². The molecule has 19 heavy (non-hydrogen) atoms. The van der Waals surface area contributed by atoms with E-state index in [0.717, 1.165) is 50.9 Å². The van der Waals surface area contributed by atoms with E-state index in [1.54, 1.807) is 0 Å². The average Bonchev–Trinajstić information content (AvgIpc) is 2.41. The summed E-state index contributed by atoms with van der Waals surface area (Å²) in [7, 11) is 0. The maximum absolute atomic E-state index is 12.1. The highest BCUT2D eigenvalue weighted by Crippen LogP contribution is 2.34. The topological polar surface area (TPSA) is 46.5 Å². The van der Waals surface area contributed by atoms with Crippen LogP contribution in [0.2, 0.25) is 0 Å². The molecule has 3 heteroatoms. The smallest absolute Gasteiger partial charge is 0.308 e. The molecule has 2 fully saturated rings. The van der Waals surface area contributed by atoms with E-state index >= 15 is 0 Å². The van der Waals surface area contributed by atoms with Crippen LogP contribution in [-0.4, -0.2) is 23.8 Å². The number of ether oxygens (including phenoxy) is 1. The second kappa shape index (κ2) is 6.74. The van der Waals surface area contributed by atoms with E-state index in [9.17, 15) is 9.90 Å². The molecule has 3 unspecified atom stereocenters. The number of carbonyl (C=O) groups is 1. The van der Waals surface area contributed by atoms with E-state index in [-0.39, 0.29) is 18.0 Å². The van der Waals surface area contributed by atoms with Gasteiger partial charge < -0.3 is 9.84 Å². The number of hydrogen-bond acceptors (Lipinski definition) is 3. The predicted octanol–water partition coefficient (Wildman–Crippen LogP) is 3.15. The third-order valence-corrected chi connectivity index (χ3v) is 5.21. The Balaban J connectivity index is 1.69. The molecule has 2 aliphatic carbocycles. The quantitative estimate of drug-likeness (QED) is 0.800. The van der Waals surface area contributed by atoms with Crippen LogP contribution in [0, 0.1) is 23.7 Å². The van der Waals surface area contributed by atoms with Crippen molar-refractivity contribution in [3.05, 3.63) is 0 Å². The Morgan fingerprint density at radius 3 is 2.37 bits per heavy atom. The van der Waals surface area contributed by atoms with Crippen molar-refractivity contribution in [3.63, 3.8) is 0 Å². The van der Waals surface area contributed by atoms with Crippen LogP contribution in [0.25, 0.3) is 0 Å². The van der Waals surface area contributed by atoms with Gasteiger partial charge in [-0.1, -0.05) is 13.8 Å². The Morgan fingerprint density at radius 1 is 1.05 bits per heavy atom. The Morgan fingerprint density at radius 2 is 1.74 bits per heavy atom. The van der Waals surface area contributed by atoms with Crippen LogP contribution >= 0.6 is 0 Å². The molecule has 0 aromatic carbocycles. The third kappa shape index (κ3) is 4.20. The van der Waals surface area contributed by atoms with Crippen LogP contribution < -0.4 is 0 Å². The number of aliphatic hydroxyl groups is 1. The van der Waals surface area contributed by atoms with Crippen LogP contribution in [0.15, 0.2) is 0 Å². The second-order valence-electron chi connectivity index (χ2n) is 6.77. The molecule has 0 heterocycles. The van der Waals surface area contributed by atoms with Gasteiger partial charge in [0.05, 0.1) is 18.6 Å². The molecule has 0 saturated heterocycles.